The quantitative estimate of drug-likeness (QED) is 0.783. The van der Waals surface area contributed by atoms with E-state index in [2.05, 4.69) is 24.1 Å². The average molecular weight is 285 g/mol. The number of rotatable bonds is 7. The molecule has 0 saturated heterocycles. The minimum atomic E-state index is -0.193. The SMILES string of the molecule is Cc1cc(Cl)c(C(=O)NCCCOCC(C)C)cn1. The number of carbonyl (C=O) groups is 1. The van der Waals surface area contributed by atoms with Crippen LogP contribution in [0.15, 0.2) is 12.3 Å². The zero-order chi connectivity index (χ0) is 14.3. The maximum atomic E-state index is 11.8. The van der Waals surface area contributed by atoms with Crippen LogP contribution in [0.25, 0.3) is 0 Å². The Bertz CT molecular complexity index is 422. The Kier molecular flexibility index (Phi) is 6.81. The van der Waals surface area contributed by atoms with Crippen LogP contribution in [0.5, 0.6) is 0 Å². The lowest BCUT2D eigenvalue weighted by Crippen LogP contribution is -2.26. The van der Waals surface area contributed by atoms with E-state index in [0.717, 1.165) is 18.7 Å². The summed E-state index contributed by atoms with van der Waals surface area (Å²) < 4.78 is 5.43. The number of halogens is 1. The molecular formula is C14H21ClN2O2. The number of aryl methyl sites for hydroxylation is 1. The molecule has 5 heteroatoms. The largest absolute Gasteiger partial charge is 0.381 e. The van der Waals surface area contributed by atoms with Gasteiger partial charge < -0.3 is 10.1 Å². The van der Waals surface area contributed by atoms with Gasteiger partial charge in [0.05, 0.1) is 10.6 Å². The third-order valence-corrected chi connectivity index (χ3v) is 2.75. The number of nitrogens with one attached hydrogen (secondary N) is 1. The summed E-state index contributed by atoms with van der Waals surface area (Å²) in [6.45, 7) is 8.02. The summed E-state index contributed by atoms with van der Waals surface area (Å²) >= 11 is 6.00. The third-order valence-electron chi connectivity index (χ3n) is 2.44. The second kappa shape index (κ2) is 8.12. The van der Waals surface area contributed by atoms with Gasteiger partial charge in [-0.25, -0.2) is 0 Å². The molecule has 19 heavy (non-hydrogen) atoms. The van der Waals surface area contributed by atoms with Crippen LogP contribution in [0.3, 0.4) is 0 Å². The van der Waals surface area contributed by atoms with E-state index in [0.29, 0.717) is 29.7 Å². The topological polar surface area (TPSA) is 51.2 Å². The smallest absolute Gasteiger partial charge is 0.254 e. The molecule has 0 spiro atoms. The van der Waals surface area contributed by atoms with Crippen LogP contribution in [0, 0.1) is 12.8 Å². The van der Waals surface area contributed by atoms with Gasteiger partial charge in [0.25, 0.3) is 5.91 Å². The molecule has 0 saturated carbocycles. The van der Waals surface area contributed by atoms with E-state index in [4.69, 9.17) is 16.3 Å². The predicted octanol–water partition coefficient (Wildman–Crippen LogP) is 2.84. The molecule has 106 valence electrons. The Morgan fingerprint density at radius 2 is 2.26 bits per heavy atom. The molecule has 0 unspecified atom stereocenters. The number of hydrogen-bond donors (Lipinski definition) is 1. The van der Waals surface area contributed by atoms with Crippen LogP contribution in [0.4, 0.5) is 0 Å². The Hall–Kier alpha value is -1.13. The summed E-state index contributed by atoms with van der Waals surface area (Å²) in [6.07, 6.45) is 2.29. The van der Waals surface area contributed by atoms with E-state index < -0.39 is 0 Å². The number of aromatic nitrogens is 1. The van der Waals surface area contributed by atoms with Gasteiger partial charge >= 0.3 is 0 Å². The first-order chi connectivity index (χ1) is 9.00. The van der Waals surface area contributed by atoms with Gasteiger partial charge in [0.2, 0.25) is 0 Å². The molecule has 1 amide bonds. The van der Waals surface area contributed by atoms with Gasteiger partial charge in [0, 0.05) is 31.6 Å². The summed E-state index contributed by atoms with van der Waals surface area (Å²) in [5.74, 6) is 0.341. The number of amides is 1. The maximum Gasteiger partial charge on any atom is 0.254 e. The van der Waals surface area contributed by atoms with Crippen molar-refractivity contribution in [1.82, 2.24) is 10.3 Å². The van der Waals surface area contributed by atoms with Crippen molar-refractivity contribution < 1.29 is 9.53 Å². The molecular weight excluding hydrogens is 264 g/mol. The second-order valence-corrected chi connectivity index (χ2v) is 5.29. The summed E-state index contributed by atoms with van der Waals surface area (Å²) in [7, 11) is 0. The van der Waals surface area contributed by atoms with Crippen molar-refractivity contribution in [3.05, 3.63) is 28.5 Å². The van der Waals surface area contributed by atoms with E-state index >= 15 is 0 Å². The number of carbonyl (C=O) groups excluding carboxylic acids is 1. The zero-order valence-corrected chi connectivity index (χ0v) is 12.5. The van der Waals surface area contributed by atoms with Crippen LogP contribution >= 0.6 is 11.6 Å². The van der Waals surface area contributed by atoms with Crippen LogP contribution in [-0.4, -0.2) is 30.6 Å². The monoisotopic (exact) mass is 284 g/mol. The molecule has 0 aliphatic carbocycles. The molecule has 0 radical (unpaired) electrons. The highest BCUT2D eigenvalue weighted by Gasteiger charge is 2.10. The summed E-state index contributed by atoms with van der Waals surface area (Å²) in [5, 5.41) is 3.24. The van der Waals surface area contributed by atoms with Gasteiger partial charge in [-0.3, -0.25) is 9.78 Å². The van der Waals surface area contributed by atoms with Gasteiger partial charge in [0.1, 0.15) is 0 Å². The van der Waals surface area contributed by atoms with Crippen molar-refractivity contribution in [2.75, 3.05) is 19.8 Å². The van der Waals surface area contributed by atoms with Crippen LogP contribution < -0.4 is 5.32 Å². The number of nitrogens with zero attached hydrogens (tertiary/aromatic N) is 1. The summed E-state index contributed by atoms with van der Waals surface area (Å²) in [6, 6.07) is 1.68. The predicted molar refractivity (Wildman–Crippen MR) is 76.6 cm³/mol. The number of pyridine rings is 1. The van der Waals surface area contributed by atoms with Crippen molar-refractivity contribution in [3.8, 4) is 0 Å². The van der Waals surface area contributed by atoms with Crippen molar-refractivity contribution in [2.24, 2.45) is 5.92 Å². The molecule has 1 rings (SSSR count). The molecule has 1 N–H and O–H groups in total. The molecule has 0 aliphatic rings. The van der Waals surface area contributed by atoms with Gasteiger partial charge in [-0.05, 0) is 25.3 Å². The van der Waals surface area contributed by atoms with Gasteiger partial charge in [-0.1, -0.05) is 25.4 Å². The van der Waals surface area contributed by atoms with E-state index in [1.165, 1.54) is 6.20 Å². The zero-order valence-electron chi connectivity index (χ0n) is 11.7. The van der Waals surface area contributed by atoms with E-state index in [1.54, 1.807) is 6.07 Å². The highest BCUT2D eigenvalue weighted by Crippen LogP contribution is 2.15. The van der Waals surface area contributed by atoms with Crippen LogP contribution in [0.2, 0.25) is 5.02 Å². The molecule has 1 heterocycles. The van der Waals surface area contributed by atoms with Crippen molar-refractivity contribution in [2.45, 2.75) is 27.2 Å². The maximum absolute atomic E-state index is 11.8. The van der Waals surface area contributed by atoms with Crippen molar-refractivity contribution in [3.63, 3.8) is 0 Å². The lowest BCUT2D eigenvalue weighted by Gasteiger charge is -2.08. The van der Waals surface area contributed by atoms with Crippen LogP contribution in [0.1, 0.15) is 36.3 Å². The highest BCUT2D eigenvalue weighted by atomic mass is 35.5. The molecule has 0 bridgehead atoms. The Balaban J connectivity index is 2.28. The standard InChI is InChI=1S/C14H21ClN2O2/c1-10(2)9-19-6-4-5-16-14(18)12-8-17-11(3)7-13(12)15/h7-8,10H,4-6,9H2,1-3H3,(H,16,18). The minimum absolute atomic E-state index is 0.193. The van der Waals surface area contributed by atoms with Crippen molar-refractivity contribution >= 4 is 17.5 Å². The van der Waals surface area contributed by atoms with Gasteiger partial charge in [-0.2, -0.15) is 0 Å². The molecule has 4 nitrogen and oxygen atoms in total. The fourth-order valence-corrected chi connectivity index (χ4v) is 1.78. The fraction of sp³-hybridized carbons (Fsp3) is 0.571. The first-order valence-corrected chi connectivity index (χ1v) is 6.86. The Morgan fingerprint density at radius 1 is 1.53 bits per heavy atom. The molecule has 0 fully saturated rings. The van der Waals surface area contributed by atoms with Gasteiger partial charge in [-0.15, -0.1) is 0 Å². The first-order valence-electron chi connectivity index (χ1n) is 6.48. The average Bonchev–Trinajstić information content (AvgIpc) is 2.32. The molecule has 1 aromatic rings. The Labute approximate surface area is 119 Å². The number of ether oxygens (including phenoxy) is 1. The molecule has 0 aromatic carbocycles. The molecule has 0 atom stereocenters. The highest BCUT2D eigenvalue weighted by molar-refractivity contribution is 6.33. The van der Waals surface area contributed by atoms with E-state index in [-0.39, 0.29) is 5.91 Å². The van der Waals surface area contributed by atoms with Crippen LogP contribution in [-0.2, 0) is 4.74 Å². The summed E-state index contributed by atoms with van der Waals surface area (Å²) in [4.78, 5) is 15.9. The van der Waals surface area contributed by atoms with Crippen molar-refractivity contribution in [1.29, 1.82) is 0 Å². The summed E-state index contributed by atoms with van der Waals surface area (Å²) in [5.41, 5.74) is 1.21. The normalized spacial score (nSPS) is 10.8. The minimum Gasteiger partial charge on any atom is -0.381 e. The fourth-order valence-electron chi connectivity index (χ4n) is 1.48. The first kappa shape index (κ1) is 15.9. The molecule has 1 aromatic heterocycles. The third kappa shape index (κ3) is 6.03. The second-order valence-electron chi connectivity index (χ2n) is 4.88. The lowest BCUT2D eigenvalue weighted by atomic mass is 10.2. The number of hydrogen-bond acceptors (Lipinski definition) is 3. The lowest BCUT2D eigenvalue weighted by molar-refractivity contribution is 0.0925. The molecule has 0 aliphatic heterocycles. The Morgan fingerprint density at radius 3 is 2.89 bits per heavy atom. The van der Waals surface area contributed by atoms with E-state index in [1.807, 2.05) is 6.92 Å². The van der Waals surface area contributed by atoms with E-state index in [9.17, 15) is 4.79 Å². The van der Waals surface area contributed by atoms with Gasteiger partial charge in [0.15, 0.2) is 0 Å².